The fraction of sp³-hybridized carbons (Fsp3) is 0.267. The molecule has 1 aliphatic rings. The van der Waals surface area contributed by atoms with Crippen LogP contribution in [0.4, 0.5) is 0 Å². The molecule has 0 radical (unpaired) electrons. The van der Waals surface area contributed by atoms with Crippen molar-refractivity contribution in [1.29, 1.82) is 0 Å². The van der Waals surface area contributed by atoms with Gasteiger partial charge >= 0.3 is 0 Å². The first-order chi connectivity index (χ1) is 9.24. The number of hydrogen-bond acceptors (Lipinski definition) is 3. The minimum atomic E-state index is 0.0404. The normalized spacial score (nSPS) is 12.0. The molecule has 0 aromatic heterocycles. The first-order valence-electron chi connectivity index (χ1n) is 6.12. The topological polar surface area (TPSA) is 38.8 Å². The second-order valence-electron chi connectivity index (χ2n) is 4.24. The molecule has 1 aliphatic heterocycles. The van der Waals surface area contributed by atoms with Crippen molar-refractivity contribution in [2.24, 2.45) is 0 Å². The Labute approximate surface area is 112 Å². The lowest BCUT2D eigenvalue weighted by atomic mass is 10.1. The molecular formula is C15H17NO3. The van der Waals surface area contributed by atoms with Gasteiger partial charge < -0.3 is 14.4 Å². The first kappa shape index (κ1) is 13.2. The van der Waals surface area contributed by atoms with Gasteiger partial charge in [0.15, 0.2) is 11.5 Å². The van der Waals surface area contributed by atoms with Gasteiger partial charge in [-0.3, -0.25) is 4.79 Å². The molecule has 2 rings (SSSR count). The van der Waals surface area contributed by atoms with Crippen LogP contribution >= 0.6 is 0 Å². The molecule has 0 aliphatic carbocycles. The summed E-state index contributed by atoms with van der Waals surface area (Å²) in [4.78, 5) is 13.8. The van der Waals surface area contributed by atoms with E-state index in [4.69, 9.17) is 9.47 Å². The van der Waals surface area contributed by atoms with Crippen LogP contribution in [-0.4, -0.2) is 30.7 Å². The maximum atomic E-state index is 12.2. The van der Waals surface area contributed by atoms with Crippen molar-refractivity contribution < 1.29 is 14.3 Å². The number of carbonyl (C=O) groups excluding carboxylic acids is 1. The second kappa shape index (κ2) is 6.09. The van der Waals surface area contributed by atoms with E-state index in [1.165, 1.54) is 0 Å². The minimum absolute atomic E-state index is 0.0404. The number of nitrogens with zero attached hydrogens (tertiary/aromatic N) is 1. The number of fused-ring (bicyclic) bond motifs is 1. The minimum Gasteiger partial charge on any atom is -0.454 e. The Balaban J connectivity index is 2.05. The summed E-state index contributed by atoms with van der Waals surface area (Å²) in [5, 5.41) is 0. The largest absolute Gasteiger partial charge is 0.454 e. The van der Waals surface area contributed by atoms with E-state index >= 15 is 0 Å². The monoisotopic (exact) mass is 259 g/mol. The van der Waals surface area contributed by atoms with E-state index in [1.54, 1.807) is 17.1 Å². The molecular weight excluding hydrogens is 242 g/mol. The van der Waals surface area contributed by atoms with Crippen molar-refractivity contribution in [1.82, 2.24) is 4.90 Å². The predicted molar refractivity (Wildman–Crippen MR) is 73.2 cm³/mol. The predicted octanol–water partition coefficient (Wildman–Crippen LogP) is 2.16. The van der Waals surface area contributed by atoms with Crippen LogP contribution < -0.4 is 9.47 Å². The molecule has 0 unspecified atom stereocenters. The van der Waals surface area contributed by atoms with Crippen LogP contribution in [0.1, 0.15) is 5.56 Å². The third kappa shape index (κ3) is 3.16. The van der Waals surface area contributed by atoms with Crippen LogP contribution in [0.2, 0.25) is 0 Å². The zero-order valence-corrected chi connectivity index (χ0v) is 10.8. The summed E-state index contributed by atoms with van der Waals surface area (Å²) in [6.07, 6.45) is 3.75. The SMILES string of the molecule is C=CCN(CC=C)C(=O)Cc1ccc2c(c1)OCO2. The average molecular weight is 259 g/mol. The Hall–Kier alpha value is -2.23. The van der Waals surface area contributed by atoms with Crippen LogP contribution in [0.25, 0.3) is 0 Å². The average Bonchev–Trinajstić information content (AvgIpc) is 2.86. The van der Waals surface area contributed by atoms with Crippen molar-refractivity contribution >= 4 is 5.91 Å². The molecule has 4 heteroatoms. The van der Waals surface area contributed by atoms with E-state index in [1.807, 2.05) is 18.2 Å². The highest BCUT2D eigenvalue weighted by molar-refractivity contribution is 5.79. The standard InChI is InChI=1S/C15H17NO3/c1-3-7-16(8-4-2)15(17)10-12-5-6-13-14(9-12)19-11-18-13/h3-6,9H,1-2,7-8,10-11H2. The Morgan fingerprint density at radius 2 is 1.89 bits per heavy atom. The van der Waals surface area contributed by atoms with E-state index in [0.717, 1.165) is 11.3 Å². The van der Waals surface area contributed by atoms with Gasteiger partial charge in [-0.25, -0.2) is 0 Å². The molecule has 0 atom stereocenters. The highest BCUT2D eigenvalue weighted by atomic mass is 16.7. The number of carbonyl (C=O) groups is 1. The lowest BCUT2D eigenvalue weighted by Crippen LogP contribution is -2.32. The van der Waals surface area contributed by atoms with Gasteiger partial charge in [0.1, 0.15) is 0 Å². The summed E-state index contributed by atoms with van der Waals surface area (Å²) in [6, 6.07) is 5.56. The second-order valence-corrected chi connectivity index (χ2v) is 4.24. The summed E-state index contributed by atoms with van der Waals surface area (Å²) in [5.41, 5.74) is 0.910. The van der Waals surface area contributed by atoms with Crippen LogP contribution in [0, 0.1) is 0 Å². The first-order valence-corrected chi connectivity index (χ1v) is 6.12. The molecule has 4 nitrogen and oxygen atoms in total. The summed E-state index contributed by atoms with van der Waals surface area (Å²) >= 11 is 0. The van der Waals surface area contributed by atoms with Crippen molar-refractivity contribution in [3.05, 3.63) is 49.1 Å². The smallest absolute Gasteiger partial charge is 0.231 e. The van der Waals surface area contributed by atoms with Crippen molar-refractivity contribution in [3.8, 4) is 11.5 Å². The fourth-order valence-corrected chi connectivity index (χ4v) is 1.93. The van der Waals surface area contributed by atoms with Crippen molar-refractivity contribution in [3.63, 3.8) is 0 Å². The van der Waals surface area contributed by atoms with Crippen LogP contribution in [0.15, 0.2) is 43.5 Å². The molecule has 0 spiro atoms. The molecule has 0 saturated heterocycles. The Morgan fingerprint density at radius 1 is 1.21 bits per heavy atom. The van der Waals surface area contributed by atoms with Gasteiger partial charge in [0.2, 0.25) is 12.7 Å². The fourth-order valence-electron chi connectivity index (χ4n) is 1.93. The van der Waals surface area contributed by atoms with Crippen molar-refractivity contribution in [2.75, 3.05) is 19.9 Å². The maximum absolute atomic E-state index is 12.2. The Morgan fingerprint density at radius 3 is 2.58 bits per heavy atom. The van der Waals surface area contributed by atoms with Gasteiger partial charge in [-0.05, 0) is 17.7 Å². The van der Waals surface area contributed by atoms with Gasteiger partial charge in [-0.15, -0.1) is 13.2 Å². The zero-order chi connectivity index (χ0) is 13.7. The summed E-state index contributed by atoms with van der Waals surface area (Å²) in [6.45, 7) is 8.60. The number of hydrogen-bond donors (Lipinski definition) is 0. The van der Waals surface area contributed by atoms with E-state index < -0.39 is 0 Å². The van der Waals surface area contributed by atoms with Gasteiger partial charge in [0.25, 0.3) is 0 Å². The number of benzene rings is 1. The van der Waals surface area contributed by atoms with E-state index in [2.05, 4.69) is 13.2 Å². The molecule has 0 saturated carbocycles. The number of amides is 1. The highest BCUT2D eigenvalue weighted by Gasteiger charge is 2.16. The molecule has 1 amide bonds. The van der Waals surface area contributed by atoms with Gasteiger partial charge in [-0.1, -0.05) is 18.2 Å². The van der Waals surface area contributed by atoms with E-state index in [0.29, 0.717) is 25.3 Å². The van der Waals surface area contributed by atoms with Crippen molar-refractivity contribution in [2.45, 2.75) is 6.42 Å². The molecule has 0 bridgehead atoms. The Bertz CT molecular complexity index is 486. The van der Waals surface area contributed by atoms with E-state index in [9.17, 15) is 4.79 Å². The maximum Gasteiger partial charge on any atom is 0.231 e. The van der Waals surface area contributed by atoms with E-state index in [-0.39, 0.29) is 12.7 Å². The van der Waals surface area contributed by atoms with Crippen LogP contribution in [0.3, 0.4) is 0 Å². The molecule has 1 aromatic rings. The third-order valence-corrected chi connectivity index (χ3v) is 2.84. The lowest BCUT2D eigenvalue weighted by Gasteiger charge is -2.19. The van der Waals surface area contributed by atoms with Gasteiger partial charge in [0, 0.05) is 13.1 Å². The number of ether oxygens (including phenoxy) is 2. The summed E-state index contributed by atoms with van der Waals surface area (Å²) in [7, 11) is 0. The summed E-state index contributed by atoms with van der Waals surface area (Å²) < 4.78 is 10.5. The highest BCUT2D eigenvalue weighted by Crippen LogP contribution is 2.32. The number of rotatable bonds is 6. The Kier molecular flexibility index (Phi) is 4.23. The van der Waals surface area contributed by atoms with Gasteiger partial charge in [0.05, 0.1) is 6.42 Å². The molecule has 0 N–H and O–H groups in total. The zero-order valence-electron chi connectivity index (χ0n) is 10.8. The van der Waals surface area contributed by atoms with Crippen LogP contribution in [-0.2, 0) is 11.2 Å². The van der Waals surface area contributed by atoms with Gasteiger partial charge in [-0.2, -0.15) is 0 Å². The molecule has 1 heterocycles. The molecule has 100 valence electrons. The molecule has 1 aromatic carbocycles. The summed E-state index contributed by atoms with van der Waals surface area (Å²) in [5.74, 6) is 1.47. The quantitative estimate of drug-likeness (QED) is 0.735. The molecule has 19 heavy (non-hydrogen) atoms. The molecule has 0 fully saturated rings. The lowest BCUT2D eigenvalue weighted by molar-refractivity contribution is -0.129. The van der Waals surface area contributed by atoms with Crippen LogP contribution in [0.5, 0.6) is 11.5 Å². The third-order valence-electron chi connectivity index (χ3n) is 2.84.